The second kappa shape index (κ2) is 7.93. The lowest BCUT2D eigenvalue weighted by Gasteiger charge is -2.21. The maximum atomic E-state index is 12.7. The standard InChI is InChI=1S/C20H19N3O5S2/c1-10-21-12-5-8-16(28-2)23-17(12)18(22-10)29-9-13(24)14-6-7-15(30-14)20(27,19(25)26)11-3-4-11/h5-8,11,27H,3-4,9H2,1-2H3,(H,25,26). The van der Waals surface area contributed by atoms with Gasteiger partial charge in [-0.2, -0.15) is 0 Å². The van der Waals surface area contributed by atoms with Crippen LogP contribution in [-0.2, 0) is 10.4 Å². The van der Waals surface area contributed by atoms with Crippen molar-refractivity contribution in [3.63, 3.8) is 0 Å². The molecule has 0 amide bonds. The number of carboxylic acids is 1. The molecule has 1 atom stereocenters. The largest absolute Gasteiger partial charge is 0.481 e. The number of aryl methyl sites for hydroxylation is 1. The summed E-state index contributed by atoms with van der Waals surface area (Å²) in [4.78, 5) is 38.2. The van der Waals surface area contributed by atoms with E-state index in [9.17, 15) is 19.8 Å². The summed E-state index contributed by atoms with van der Waals surface area (Å²) in [6.07, 6.45) is 1.33. The van der Waals surface area contributed by atoms with Gasteiger partial charge in [-0.25, -0.2) is 19.7 Å². The highest BCUT2D eigenvalue weighted by Crippen LogP contribution is 2.47. The van der Waals surface area contributed by atoms with Crippen LogP contribution in [0.4, 0.5) is 0 Å². The molecule has 8 nitrogen and oxygen atoms in total. The molecule has 3 aromatic heterocycles. The van der Waals surface area contributed by atoms with Gasteiger partial charge < -0.3 is 14.9 Å². The molecule has 10 heteroatoms. The molecule has 0 radical (unpaired) electrons. The van der Waals surface area contributed by atoms with Crippen LogP contribution in [0.2, 0.25) is 0 Å². The number of hydrogen-bond donors (Lipinski definition) is 2. The Morgan fingerprint density at radius 2 is 2.00 bits per heavy atom. The van der Waals surface area contributed by atoms with Crippen molar-refractivity contribution in [1.82, 2.24) is 15.0 Å². The van der Waals surface area contributed by atoms with E-state index >= 15 is 0 Å². The molecule has 0 bridgehead atoms. The van der Waals surface area contributed by atoms with Crippen LogP contribution in [0, 0.1) is 12.8 Å². The molecule has 0 spiro atoms. The van der Waals surface area contributed by atoms with Crippen molar-refractivity contribution in [2.75, 3.05) is 12.9 Å². The van der Waals surface area contributed by atoms with E-state index in [-0.39, 0.29) is 17.5 Å². The maximum Gasteiger partial charge on any atom is 0.341 e. The number of ether oxygens (including phenoxy) is 1. The zero-order valence-corrected chi connectivity index (χ0v) is 17.9. The van der Waals surface area contributed by atoms with Crippen molar-refractivity contribution in [2.45, 2.75) is 30.4 Å². The van der Waals surface area contributed by atoms with Gasteiger partial charge in [0.15, 0.2) is 11.4 Å². The maximum absolute atomic E-state index is 12.7. The monoisotopic (exact) mass is 445 g/mol. The van der Waals surface area contributed by atoms with E-state index in [0.717, 1.165) is 11.3 Å². The van der Waals surface area contributed by atoms with Gasteiger partial charge in [0.05, 0.1) is 23.3 Å². The number of Topliss-reactive ketones (excluding diaryl/α,β-unsaturated/α-hetero) is 1. The number of carbonyl (C=O) groups excluding carboxylic acids is 1. The average molecular weight is 446 g/mol. The van der Waals surface area contributed by atoms with Crippen LogP contribution in [-0.4, -0.2) is 49.8 Å². The van der Waals surface area contributed by atoms with Gasteiger partial charge in [0.25, 0.3) is 0 Å². The fraction of sp³-hybridized carbons (Fsp3) is 0.350. The summed E-state index contributed by atoms with van der Waals surface area (Å²) in [5.41, 5.74) is -0.706. The quantitative estimate of drug-likeness (QED) is 0.306. The minimum Gasteiger partial charge on any atom is -0.481 e. The summed E-state index contributed by atoms with van der Waals surface area (Å²) in [6, 6.07) is 6.61. The second-order valence-electron chi connectivity index (χ2n) is 7.02. The number of hydrogen-bond acceptors (Lipinski definition) is 9. The van der Waals surface area contributed by atoms with Crippen LogP contribution < -0.4 is 4.74 Å². The van der Waals surface area contributed by atoms with Crippen LogP contribution >= 0.6 is 23.1 Å². The number of carboxylic acid groups (broad SMARTS) is 1. The molecule has 1 aliphatic carbocycles. The van der Waals surface area contributed by atoms with Crippen molar-refractivity contribution in [1.29, 1.82) is 0 Å². The Balaban J connectivity index is 1.55. The van der Waals surface area contributed by atoms with E-state index in [2.05, 4.69) is 15.0 Å². The van der Waals surface area contributed by atoms with E-state index in [4.69, 9.17) is 4.74 Å². The number of aromatic nitrogens is 3. The second-order valence-corrected chi connectivity index (χ2v) is 9.07. The number of aliphatic hydroxyl groups is 1. The highest BCUT2D eigenvalue weighted by atomic mass is 32.2. The van der Waals surface area contributed by atoms with E-state index in [1.54, 1.807) is 25.1 Å². The van der Waals surface area contributed by atoms with E-state index in [1.165, 1.54) is 24.9 Å². The van der Waals surface area contributed by atoms with Crippen molar-refractivity contribution in [3.8, 4) is 5.88 Å². The van der Waals surface area contributed by atoms with Gasteiger partial charge in [0, 0.05) is 16.9 Å². The molecule has 0 saturated heterocycles. The Kier molecular flexibility index (Phi) is 5.48. The minimum absolute atomic E-state index is 0.0966. The van der Waals surface area contributed by atoms with Crippen LogP contribution in [0.1, 0.15) is 33.2 Å². The predicted molar refractivity (Wildman–Crippen MR) is 112 cm³/mol. The topological polar surface area (TPSA) is 122 Å². The zero-order chi connectivity index (χ0) is 21.5. The molecule has 1 fully saturated rings. The van der Waals surface area contributed by atoms with Crippen molar-refractivity contribution in [2.24, 2.45) is 5.92 Å². The molecule has 3 aromatic rings. The van der Waals surface area contributed by atoms with Crippen LogP contribution in [0.3, 0.4) is 0 Å². The van der Waals surface area contributed by atoms with Gasteiger partial charge in [0.1, 0.15) is 16.4 Å². The van der Waals surface area contributed by atoms with Gasteiger partial charge in [-0.1, -0.05) is 11.8 Å². The first-order chi connectivity index (χ1) is 14.3. The third-order valence-corrected chi connectivity index (χ3v) is 7.11. The Morgan fingerprint density at radius 3 is 2.67 bits per heavy atom. The molecular weight excluding hydrogens is 426 g/mol. The molecule has 1 unspecified atom stereocenters. The fourth-order valence-electron chi connectivity index (χ4n) is 3.17. The Labute approximate surface area is 180 Å². The summed E-state index contributed by atoms with van der Waals surface area (Å²) in [6.45, 7) is 1.77. The Bertz CT molecular complexity index is 1140. The zero-order valence-electron chi connectivity index (χ0n) is 16.3. The Morgan fingerprint density at radius 1 is 1.23 bits per heavy atom. The number of fused-ring (bicyclic) bond motifs is 1. The SMILES string of the molecule is COc1ccc2nc(C)nc(SCC(=O)c3ccc(C(O)(C(=O)O)C4CC4)s3)c2n1. The van der Waals surface area contributed by atoms with Gasteiger partial charge in [-0.05, 0) is 38.0 Å². The van der Waals surface area contributed by atoms with Gasteiger partial charge in [0.2, 0.25) is 5.88 Å². The average Bonchev–Trinajstić information content (AvgIpc) is 3.47. The molecule has 0 aliphatic heterocycles. The summed E-state index contributed by atoms with van der Waals surface area (Å²) < 4.78 is 5.17. The first kappa shape index (κ1) is 20.7. The normalized spacial score (nSPS) is 15.7. The number of rotatable bonds is 8. The number of pyridine rings is 1. The lowest BCUT2D eigenvalue weighted by atomic mass is 9.96. The third-order valence-electron chi connectivity index (χ3n) is 4.90. The number of methoxy groups -OCH3 is 1. The molecule has 4 rings (SSSR count). The number of carbonyl (C=O) groups is 2. The van der Waals surface area contributed by atoms with Gasteiger partial charge in [-0.3, -0.25) is 4.79 Å². The molecule has 0 aromatic carbocycles. The minimum atomic E-state index is -1.92. The molecule has 3 heterocycles. The molecule has 156 valence electrons. The first-order valence-corrected chi connectivity index (χ1v) is 11.0. The highest BCUT2D eigenvalue weighted by Gasteiger charge is 2.52. The van der Waals surface area contributed by atoms with E-state index in [1.807, 2.05) is 0 Å². The predicted octanol–water partition coefficient (Wildman–Crippen LogP) is 3.06. The number of thioether (sulfide) groups is 1. The van der Waals surface area contributed by atoms with Crippen LogP contribution in [0.25, 0.3) is 11.0 Å². The van der Waals surface area contributed by atoms with Crippen LogP contribution in [0.5, 0.6) is 5.88 Å². The lowest BCUT2D eigenvalue weighted by molar-refractivity contribution is -0.162. The summed E-state index contributed by atoms with van der Waals surface area (Å²) in [5.74, 6) is -0.658. The summed E-state index contributed by atoms with van der Waals surface area (Å²) >= 11 is 2.27. The van der Waals surface area contributed by atoms with Crippen molar-refractivity contribution >= 4 is 45.9 Å². The van der Waals surface area contributed by atoms with Gasteiger partial charge in [-0.15, -0.1) is 11.3 Å². The van der Waals surface area contributed by atoms with Crippen molar-refractivity contribution in [3.05, 3.63) is 39.8 Å². The van der Waals surface area contributed by atoms with Gasteiger partial charge >= 0.3 is 5.97 Å². The number of aliphatic carboxylic acids is 1. The smallest absolute Gasteiger partial charge is 0.341 e. The first-order valence-electron chi connectivity index (χ1n) is 9.24. The number of nitrogens with zero attached hydrogens (tertiary/aromatic N) is 3. The highest BCUT2D eigenvalue weighted by molar-refractivity contribution is 8.00. The number of thiophene rings is 1. The molecule has 2 N–H and O–H groups in total. The number of ketones is 1. The molecule has 30 heavy (non-hydrogen) atoms. The van der Waals surface area contributed by atoms with E-state index < -0.39 is 11.6 Å². The third kappa shape index (κ3) is 3.78. The molecule has 1 saturated carbocycles. The Hall–Kier alpha value is -2.56. The van der Waals surface area contributed by atoms with Crippen molar-refractivity contribution < 1.29 is 24.5 Å². The van der Waals surface area contributed by atoms with Crippen LogP contribution in [0.15, 0.2) is 29.3 Å². The summed E-state index contributed by atoms with van der Waals surface area (Å²) in [5, 5.41) is 20.7. The summed E-state index contributed by atoms with van der Waals surface area (Å²) in [7, 11) is 1.52. The van der Waals surface area contributed by atoms with E-state index in [0.29, 0.717) is 50.4 Å². The molecule has 1 aliphatic rings. The fourth-order valence-corrected chi connectivity index (χ4v) is 5.28. The lowest BCUT2D eigenvalue weighted by Crippen LogP contribution is -2.37. The molecular formula is C20H19N3O5S2.